The summed E-state index contributed by atoms with van der Waals surface area (Å²) in [5.41, 5.74) is 7.40. The van der Waals surface area contributed by atoms with Crippen molar-refractivity contribution in [2.24, 2.45) is 0 Å². The van der Waals surface area contributed by atoms with Crippen LogP contribution in [0, 0.1) is 35.8 Å². The molecule has 0 atom stereocenters. The van der Waals surface area contributed by atoms with Crippen LogP contribution in [-0.2, 0) is 0 Å². The molecule has 0 saturated heterocycles. The molecule has 0 fully saturated rings. The fourth-order valence-corrected chi connectivity index (χ4v) is 8.95. The van der Waals surface area contributed by atoms with Crippen LogP contribution < -0.4 is 28.7 Å². The predicted octanol–water partition coefficient (Wildman–Crippen LogP) is 16.2. The molecule has 0 spiro atoms. The first-order valence-corrected chi connectivity index (χ1v) is 22.7. The molecule has 0 radical (unpaired) electrons. The molecule has 0 amide bonds. The van der Waals surface area contributed by atoms with Gasteiger partial charge in [-0.05, 0) is 119 Å². The van der Waals surface area contributed by atoms with E-state index in [1.165, 1.54) is 0 Å². The summed E-state index contributed by atoms with van der Waals surface area (Å²) in [4.78, 5) is 11.9. The van der Waals surface area contributed by atoms with Crippen LogP contribution in [0.3, 0.4) is 0 Å². The molecule has 346 valence electrons. The lowest BCUT2D eigenvalue weighted by molar-refractivity contribution is 0.414. The summed E-state index contributed by atoms with van der Waals surface area (Å²) in [5.74, 6) is 3.00. The Labute approximate surface area is 418 Å². The Morgan fingerprint density at radius 2 is 0.750 bits per heavy atom. The van der Waals surface area contributed by atoms with E-state index in [0.717, 1.165) is 89.8 Å². The zero-order valence-corrected chi connectivity index (χ0v) is 39.8. The molecule has 9 aromatic rings. The minimum atomic E-state index is -0.00992. The lowest BCUT2D eigenvalue weighted by Gasteiger charge is -2.27. The largest absolute Gasteiger partial charge is 0.497 e. The lowest BCUT2D eigenvalue weighted by atomic mass is 9.92. The van der Waals surface area contributed by atoms with Crippen molar-refractivity contribution in [3.8, 4) is 35.1 Å². The molecule has 0 aliphatic rings. The van der Waals surface area contributed by atoms with Gasteiger partial charge in [0.2, 0.25) is 11.4 Å². The summed E-state index contributed by atoms with van der Waals surface area (Å²) in [7, 11) is 6.60. The minimum Gasteiger partial charge on any atom is -0.497 e. The smallest absolute Gasteiger partial charge is 0.202 e. The van der Waals surface area contributed by atoms with Gasteiger partial charge in [0.25, 0.3) is 0 Å². The molecule has 10 heteroatoms. The first kappa shape index (κ1) is 46.8. The number of fused-ring (bicyclic) bond motifs is 2. The van der Waals surface area contributed by atoms with E-state index < -0.39 is 0 Å². The molecule has 10 nitrogen and oxygen atoms in total. The lowest BCUT2D eigenvalue weighted by Crippen LogP contribution is -2.10. The van der Waals surface area contributed by atoms with E-state index in [2.05, 4.69) is 43.8 Å². The fourth-order valence-electron chi connectivity index (χ4n) is 8.95. The van der Waals surface area contributed by atoms with Gasteiger partial charge in [-0.2, -0.15) is 10.5 Å². The average Bonchev–Trinajstić information content (AvgIpc) is 3.44. The Bertz CT molecular complexity index is 3420. The molecule has 0 heterocycles. The molecule has 0 N–H and O–H groups in total. The average molecular weight is 937 g/mol. The van der Waals surface area contributed by atoms with Crippen LogP contribution >= 0.6 is 0 Å². The highest BCUT2D eigenvalue weighted by Crippen LogP contribution is 2.45. The van der Waals surface area contributed by atoms with Crippen LogP contribution in [0.4, 0.5) is 45.5 Å². The van der Waals surface area contributed by atoms with Crippen molar-refractivity contribution in [3.05, 3.63) is 226 Å². The van der Waals surface area contributed by atoms with Crippen molar-refractivity contribution in [2.75, 3.05) is 38.2 Å². The fraction of sp³-hybridized carbons (Fsp3) is 0.0645. The second kappa shape index (κ2) is 20.9. The van der Waals surface area contributed by atoms with E-state index in [9.17, 15) is 10.5 Å². The number of rotatable bonds is 14. The third-order valence-corrected chi connectivity index (χ3v) is 12.5. The van der Waals surface area contributed by atoms with Gasteiger partial charge in [0.15, 0.2) is 0 Å². The Balaban J connectivity index is 1.05. The van der Waals surface area contributed by atoms with Gasteiger partial charge in [0.05, 0.1) is 76.2 Å². The third kappa shape index (κ3) is 8.95. The summed E-state index contributed by atoms with van der Waals surface area (Å²) in [6.07, 6.45) is 6.85. The number of anilines is 6. The van der Waals surface area contributed by atoms with Crippen molar-refractivity contribution in [2.45, 2.75) is 0 Å². The van der Waals surface area contributed by atoms with Crippen molar-refractivity contribution in [1.29, 1.82) is 10.5 Å². The van der Waals surface area contributed by atoms with E-state index >= 15 is 0 Å². The monoisotopic (exact) mass is 936 g/mol. The molecule has 0 aromatic heterocycles. The molecule has 72 heavy (non-hydrogen) atoms. The Kier molecular flexibility index (Phi) is 13.6. The van der Waals surface area contributed by atoms with Crippen molar-refractivity contribution in [1.82, 2.24) is 0 Å². The zero-order valence-electron chi connectivity index (χ0n) is 39.8. The molecule has 0 saturated carbocycles. The Morgan fingerprint density at radius 1 is 0.403 bits per heavy atom. The van der Waals surface area contributed by atoms with Crippen LogP contribution in [-0.4, -0.2) is 28.4 Å². The highest BCUT2D eigenvalue weighted by atomic mass is 16.5. The second-order valence-electron chi connectivity index (χ2n) is 16.3. The number of hydrogen-bond donors (Lipinski definition) is 0. The van der Waals surface area contributed by atoms with Gasteiger partial charge in [-0.1, -0.05) is 97.1 Å². The molecule has 0 bridgehead atoms. The van der Waals surface area contributed by atoms with Crippen molar-refractivity contribution in [3.63, 3.8) is 0 Å². The molecule has 0 unspecified atom stereocenters. The molecule has 9 rings (SSSR count). The zero-order chi connectivity index (χ0) is 50.1. The summed E-state index contributed by atoms with van der Waals surface area (Å²) >= 11 is 0. The van der Waals surface area contributed by atoms with Gasteiger partial charge >= 0.3 is 0 Å². The minimum absolute atomic E-state index is 0.00992. The van der Waals surface area contributed by atoms with Gasteiger partial charge in [0, 0.05) is 44.3 Å². The normalized spacial score (nSPS) is 10.9. The van der Waals surface area contributed by atoms with Gasteiger partial charge in [-0.25, -0.2) is 9.69 Å². The van der Waals surface area contributed by atoms with Gasteiger partial charge in [0.1, 0.15) is 23.0 Å². The first-order chi connectivity index (χ1) is 35.4. The predicted molar refractivity (Wildman–Crippen MR) is 290 cm³/mol. The van der Waals surface area contributed by atoms with Crippen molar-refractivity contribution < 1.29 is 18.9 Å². The molecular weight excluding hydrogens is 893 g/mol. The Hall–Kier alpha value is -10.3. The number of methoxy groups -OCH3 is 4. The summed E-state index contributed by atoms with van der Waals surface area (Å²) in [6, 6.07) is 60.0. The van der Waals surface area contributed by atoms with Crippen LogP contribution in [0.1, 0.15) is 33.4 Å². The third-order valence-electron chi connectivity index (χ3n) is 12.5. The van der Waals surface area contributed by atoms with E-state index in [4.69, 9.17) is 32.1 Å². The quantitative estimate of drug-likeness (QED) is 0.0785. The van der Waals surface area contributed by atoms with Crippen LogP contribution in [0.5, 0.6) is 23.0 Å². The topological polar surface area (TPSA) is 99.7 Å². The highest BCUT2D eigenvalue weighted by molar-refractivity contribution is 6.04. The number of ether oxygens (including phenoxy) is 4. The molecule has 0 aliphatic heterocycles. The Morgan fingerprint density at radius 3 is 1.08 bits per heavy atom. The van der Waals surface area contributed by atoms with E-state index in [0.29, 0.717) is 0 Å². The van der Waals surface area contributed by atoms with Gasteiger partial charge in [-0.15, -0.1) is 0 Å². The SMILES string of the molecule is [C-]#[N+]c1c(C#N)c(C=Cc2ccc(N(c3ccc(OC)cc3)c3ccc(OC)c4ccccc34)cc2)c(C#N)c([N+]#[C-])c1C=Cc1ccc(N(c2ccc(OC)cc2)c2ccc(OC)c3ccccc23)cc1. The van der Waals surface area contributed by atoms with Crippen LogP contribution in [0.25, 0.3) is 55.5 Å². The van der Waals surface area contributed by atoms with E-state index in [1.54, 1.807) is 52.7 Å². The van der Waals surface area contributed by atoms with Crippen LogP contribution in [0.2, 0.25) is 0 Å². The van der Waals surface area contributed by atoms with Crippen molar-refractivity contribution >= 4 is 91.3 Å². The van der Waals surface area contributed by atoms with E-state index in [1.807, 2.05) is 158 Å². The maximum absolute atomic E-state index is 10.6. The highest BCUT2D eigenvalue weighted by Gasteiger charge is 2.23. The number of benzene rings is 9. The summed E-state index contributed by atoms with van der Waals surface area (Å²) in [5, 5.41) is 25.1. The first-order valence-electron chi connectivity index (χ1n) is 22.7. The van der Waals surface area contributed by atoms with Gasteiger partial charge in [-0.3, -0.25) is 0 Å². The maximum atomic E-state index is 10.6. The molecule has 9 aromatic carbocycles. The summed E-state index contributed by atoms with van der Waals surface area (Å²) < 4.78 is 22.4. The van der Waals surface area contributed by atoms with Gasteiger partial charge < -0.3 is 28.7 Å². The van der Waals surface area contributed by atoms with E-state index in [-0.39, 0.29) is 33.6 Å². The molecule has 0 aliphatic carbocycles. The second-order valence-corrected chi connectivity index (χ2v) is 16.3. The molecular formula is C62H44N6O4. The maximum Gasteiger partial charge on any atom is 0.202 e. The number of nitriles is 2. The summed E-state index contributed by atoms with van der Waals surface area (Å²) in [6.45, 7) is 16.5. The standard InChI is InChI=1S/C62H44N6O4/c1-65-61-54(34-20-42-17-23-44(24-18-42)68(46-27-31-48(70-4)32-28-46)58-36-38-60(72-6)53-14-10-8-12-51(53)58)62(66-2)56(40-64)49(55(61)39-63)33-19-41-15-21-43(22-16-41)67(45-25-29-47(69-3)30-26-45)57-35-37-59(71-5)52-13-9-7-11-50(52)57/h7-38H,3-6H3. The number of hydrogen-bond acceptors (Lipinski definition) is 8. The number of nitrogens with zero attached hydrogens (tertiary/aromatic N) is 6. The van der Waals surface area contributed by atoms with Crippen LogP contribution in [0.15, 0.2) is 170 Å².